The van der Waals surface area contributed by atoms with Crippen molar-refractivity contribution in [3.63, 3.8) is 0 Å². The number of rotatable bonds is 7. The lowest BCUT2D eigenvalue weighted by molar-refractivity contribution is -0.132. The zero-order valence-electron chi connectivity index (χ0n) is 19.8. The highest BCUT2D eigenvalue weighted by molar-refractivity contribution is 5.81. The highest BCUT2D eigenvalue weighted by Gasteiger charge is 2.29. The fraction of sp³-hybridized carbons (Fsp3) is 0.423. The molecule has 1 aliphatic heterocycles. The molecule has 1 fully saturated rings. The van der Waals surface area contributed by atoms with Gasteiger partial charge in [0.15, 0.2) is 11.5 Å². The molecule has 1 aliphatic rings. The van der Waals surface area contributed by atoms with E-state index in [1.165, 1.54) is 30.1 Å². The second-order valence-corrected chi connectivity index (χ2v) is 8.74. The molecular formula is C26H31N3O4. The predicted molar refractivity (Wildman–Crippen MR) is 128 cm³/mol. The lowest BCUT2D eigenvalue weighted by atomic mass is 9.99. The van der Waals surface area contributed by atoms with Crippen LogP contribution in [-0.2, 0) is 11.3 Å². The molecule has 1 saturated heterocycles. The van der Waals surface area contributed by atoms with E-state index in [9.17, 15) is 9.59 Å². The SMILES string of the molecule is COc1cc2ncn(CCCC(=O)N3CCCC3c3cc(C)cc(C)c3)c(=O)c2cc1OC. The monoisotopic (exact) mass is 449 g/mol. The molecule has 0 aliphatic carbocycles. The number of methoxy groups -OCH3 is 2. The number of benzene rings is 2. The Labute approximate surface area is 194 Å². The molecule has 7 nitrogen and oxygen atoms in total. The molecule has 2 heterocycles. The van der Waals surface area contributed by atoms with Crippen molar-refractivity contribution in [3.8, 4) is 11.5 Å². The minimum absolute atomic E-state index is 0.142. The van der Waals surface area contributed by atoms with Crippen molar-refractivity contribution in [2.24, 2.45) is 0 Å². The average Bonchev–Trinajstić information content (AvgIpc) is 3.29. The third-order valence-corrected chi connectivity index (χ3v) is 6.32. The van der Waals surface area contributed by atoms with Gasteiger partial charge in [-0.2, -0.15) is 0 Å². The van der Waals surface area contributed by atoms with Crippen LogP contribution in [0.5, 0.6) is 11.5 Å². The van der Waals surface area contributed by atoms with Crippen LogP contribution in [0.25, 0.3) is 10.9 Å². The highest BCUT2D eigenvalue weighted by Crippen LogP contribution is 2.33. The van der Waals surface area contributed by atoms with Crippen LogP contribution in [0.2, 0.25) is 0 Å². The smallest absolute Gasteiger partial charge is 0.261 e. The van der Waals surface area contributed by atoms with E-state index in [1.54, 1.807) is 23.8 Å². The highest BCUT2D eigenvalue weighted by atomic mass is 16.5. The number of nitrogens with zero attached hydrogens (tertiary/aromatic N) is 3. The van der Waals surface area contributed by atoms with Crippen LogP contribution in [-0.4, -0.2) is 41.1 Å². The number of hydrogen-bond acceptors (Lipinski definition) is 5. The summed E-state index contributed by atoms with van der Waals surface area (Å²) >= 11 is 0. The molecule has 33 heavy (non-hydrogen) atoms. The van der Waals surface area contributed by atoms with Gasteiger partial charge in [-0.3, -0.25) is 14.2 Å². The van der Waals surface area contributed by atoms with Crippen LogP contribution in [0.3, 0.4) is 0 Å². The number of ether oxygens (including phenoxy) is 2. The van der Waals surface area contributed by atoms with Gasteiger partial charge in [-0.1, -0.05) is 29.3 Å². The maximum Gasteiger partial charge on any atom is 0.261 e. The lowest BCUT2D eigenvalue weighted by Crippen LogP contribution is -2.31. The van der Waals surface area contributed by atoms with Gasteiger partial charge < -0.3 is 14.4 Å². The largest absolute Gasteiger partial charge is 0.493 e. The van der Waals surface area contributed by atoms with Gasteiger partial charge in [-0.25, -0.2) is 4.98 Å². The molecule has 0 saturated carbocycles. The Balaban J connectivity index is 1.45. The van der Waals surface area contributed by atoms with Crippen LogP contribution in [0, 0.1) is 13.8 Å². The third-order valence-electron chi connectivity index (χ3n) is 6.32. The molecule has 2 aromatic carbocycles. The van der Waals surface area contributed by atoms with Crippen molar-refractivity contribution in [1.82, 2.24) is 14.5 Å². The minimum atomic E-state index is -0.150. The van der Waals surface area contributed by atoms with Gasteiger partial charge in [-0.15, -0.1) is 0 Å². The number of likely N-dealkylation sites (tertiary alicyclic amines) is 1. The number of fused-ring (bicyclic) bond motifs is 1. The molecule has 0 bridgehead atoms. The first-order chi connectivity index (χ1) is 15.9. The van der Waals surface area contributed by atoms with E-state index in [2.05, 4.69) is 37.0 Å². The summed E-state index contributed by atoms with van der Waals surface area (Å²) < 4.78 is 12.2. The number of carbonyl (C=O) groups is 1. The van der Waals surface area contributed by atoms with E-state index in [1.807, 2.05) is 4.90 Å². The second kappa shape index (κ2) is 9.65. The fourth-order valence-corrected chi connectivity index (χ4v) is 4.80. The number of amides is 1. The summed E-state index contributed by atoms with van der Waals surface area (Å²) in [6.45, 7) is 5.41. The quantitative estimate of drug-likeness (QED) is 0.541. The molecule has 0 N–H and O–H groups in total. The number of aryl methyl sites for hydroxylation is 3. The normalized spacial score (nSPS) is 15.8. The van der Waals surface area contributed by atoms with E-state index < -0.39 is 0 Å². The molecule has 1 amide bonds. The van der Waals surface area contributed by atoms with Gasteiger partial charge in [0.1, 0.15) is 0 Å². The van der Waals surface area contributed by atoms with Crippen molar-refractivity contribution < 1.29 is 14.3 Å². The van der Waals surface area contributed by atoms with Gasteiger partial charge >= 0.3 is 0 Å². The predicted octanol–water partition coefficient (Wildman–Crippen LogP) is 4.17. The van der Waals surface area contributed by atoms with Crippen LogP contribution in [0.4, 0.5) is 0 Å². The second-order valence-electron chi connectivity index (χ2n) is 8.74. The van der Waals surface area contributed by atoms with Crippen LogP contribution in [0.15, 0.2) is 41.5 Å². The van der Waals surface area contributed by atoms with Crippen molar-refractivity contribution in [2.75, 3.05) is 20.8 Å². The zero-order chi connectivity index (χ0) is 23.5. The molecule has 7 heteroatoms. The lowest BCUT2D eigenvalue weighted by Gasteiger charge is -2.26. The third kappa shape index (κ3) is 4.72. The van der Waals surface area contributed by atoms with Gasteiger partial charge in [-0.05, 0) is 44.7 Å². The summed E-state index contributed by atoms with van der Waals surface area (Å²) in [4.78, 5) is 32.4. The van der Waals surface area contributed by atoms with Gasteiger partial charge in [0, 0.05) is 25.6 Å². The molecule has 0 radical (unpaired) electrons. The molecule has 1 unspecified atom stereocenters. The van der Waals surface area contributed by atoms with Gasteiger partial charge in [0.25, 0.3) is 5.56 Å². The molecule has 0 spiro atoms. The number of aromatic nitrogens is 2. The summed E-state index contributed by atoms with van der Waals surface area (Å²) in [5.74, 6) is 1.16. The molecular weight excluding hydrogens is 418 g/mol. The standard InChI is InChI=1S/C26H31N3O4/c1-17-11-18(2)13-19(12-17)22-7-5-10-29(22)25(30)8-6-9-28-16-27-21-15-24(33-4)23(32-3)14-20(21)26(28)31/h11-16,22H,5-10H2,1-4H3. The average molecular weight is 450 g/mol. The summed E-state index contributed by atoms with van der Waals surface area (Å²) in [7, 11) is 3.08. The van der Waals surface area contributed by atoms with E-state index in [0.717, 1.165) is 19.4 Å². The topological polar surface area (TPSA) is 73.7 Å². The first kappa shape index (κ1) is 22.8. The van der Waals surface area contributed by atoms with Crippen LogP contribution >= 0.6 is 0 Å². The Kier molecular flexibility index (Phi) is 6.67. The Bertz CT molecular complexity index is 1210. The molecule has 3 aromatic rings. The maximum atomic E-state index is 13.0. The Morgan fingerprint density at radius 2 is 1.76 bits per heavy atom. The Hall–Kier alpha value is -3.35. The maximum absolute atomic E-state index is 13.0. The minimum Gasteiger partial charge on any atom is -0.493 e. The number of hydrogen-bond donors (Lipinski definition) is 0. The summed E-state index contributed by atoms with van der Waals surface area (Å²) in [5.41, 5.74) is 4.07. The van der Waals surface area contributed by atoms with Gasteiger partial charge in [0.2, 0.25) is 5.91 Å². The fourth-order valence-electron chi connectivity index (χ4n) is 4.80. The van der Waals surface area contributed by atoms with Crippen molar-refractivity contribution in [2.45, 2.75) is 52.1 Å². The van der Waals surface area contributed by atoms with Gasteiger partial charge in [0.05, 0.1) is 37.5 Å². The molecule has 1 aromatic heterocycles. The van der Waals surface area contributed by atoms with E-state index in [4.69, 9.17) is 9.47 Å². The Morgan fingerprint density at radius 3 is 2.45 bits per heavy atom. The number of carbonyl (C=O) groups excluding carboxylic acids is 1. The molecule has 4 rings (SSSR count). The molecule has 174 valence electrons. The zero-order valence-corrected chi connectivity index (χ0v) is 19.8. The Morgan fingerprint density at radius 1 is 1.06 bits per heavy atom. The van der Waals surface area contributed by atoms with Crippen LogP contribution in [0.1, 0.15) is 48.4 Å². The summed E-state index contributed by atoms with van der Waals surface area (Å²) in [6.07, 6.45) is 4.53. The summed E-state index contributed by atoms with van der Waals surface area (Å²) in [6, 6.07) is 10.0. The van der Waals surface area contributed by atoms with E-state index in [0.29, 0.717) is 41.8 Å². The first-order valence-corrected chi connectivity index (χ1v) is 11.4. The van der Waals surface area contributed by atoms with Crippen LogP contribution < -0.4 is 15.0 Å². The van der Waals surface area contributed by atoms with Crippen molar-refractivity contribution in [3.05, 3.63) is 63.7 Å². The van der Waals surface area contributed by atoms with Crippen molar-refractivity contribution in [1.29, 1.82) is 0 Å². The first-order valence-electron chi connectivity index (χ1n) is 11.4. The summed E-state index contributed by atoms with van der Waals surface area (Å²) in [5, 5.41) is 0.468. The van der Waals surface area contributed by atoms with E-state index >= 15 is 0 Å². The van der Waals surface area contributed by atoms with E-state index in [-0.39, 0.29) is 17.5 Å². The molecule has 1 atom stereocenters. The van der Waals surface area contributed by atoms with Crippen molar-refractivity contribution >= 4 is 16.8 Å².